The highest BCUT2D eigenvalue weighted by atomic mass is 16.5. The second-order valence-electron chi connectivity index (χ2n) is 9.49. The lowest BCUT2D eigenvalue weighted by molar-refractivity contribution is -0.877. The fraction of sp³-hybridized carbons (Fsp3) is 1.00. The van der Waals surface area contributed by atoms with Crippen LogP contribution < -0.4 is 0 Å². The van der Waals surface area contributed by atoms with Gasteiger partial charge in [0.05, 0.1) is 19.6 Å². The average molecular weight is 412 g/mol. The van der Waals surface area contributed by atoms with Gasteiger partial charge >= 0.3 is 0 Å². The number of hydrogen-bond donors (Lipinski definition) is 0. The van der Waals surface area contributed by atoms with Crippen LogP contribution in [0.5, 0.6) is 0 Å². The predicted molar refractivity (Wildman–Crippen MR) is 132 cm³/mol. The second-order valence-corrected chi connectivity index (χ2v) is 9.49. The molecule has 29 heavy (non-hydrogen) atoms. The van der Waals surface area contributed by atoms with E-state index in [2.05, 4.69) is 6.92 Å². The molecule has 0 atom stereocenters. The second kappa shape index (κ2) is 22.6. The van der Waals surface area contributed by atoms with Crippen molar-refractivity contribution in [2.24, 2.45) is 0 Å². The molecule has 0 aliphatic carbocycles. The Kier molecular flexibility index (Phi) is 22.5. The molecule has 2 nitrogen and oxygen atoms in total. The summed E-state index contributed by atoms with van der Waals surface area (Å²) >= 11 is 0. The summed E-state index contributed by atoms with van der Waals surface area (Å²) in [5.41, 5.74) is 0. The summed E-state index contributed by atoms with van der Waals surface area (Å²) in [5.74, 6) is 0. The van der Waals surface area contributed by atoms with Gasteiger partial charge in [-0.15, -0.1) is 0 Å². The van der Waals surface area contributed by atoms with Crippen LogP contribution >= 0.6 is 0 Å². The van der Waals surface area contributed by atoms with Gasteiger partial charge in [-0.2, -0.15) is 0 Å². The van der Waals surface area contributed by atoms with E-state index in [1.54, 1.807) is 0 Å². The summed E-state index contributed by atoms with van der Waals surface area (Å²) in [5, 5.41) is 12.2. The van der Waals surface area contributed by atoms with Crippen molar-refractivity contribution in [1.29, 1.82) is 0 Å². The van der Waals surface area contributed by atoms with Crippen molar-refractivity contribution >= 4 is 0 Å². The fourth-order valence-corrected chi connectivity index (χ4v) is 4.37. The van der Waals surface area contributed by atoms with E-state index < -0.39 is 0 Å². The third kappa shape index (κ3) is 21.0. The molecule has 0 saturated heterocycles. The molecular weight excluding hydrogens is 354 g/mol. The quantitative estimate of drug-likeness (QED) is 0.0880. The van der Waals surface area contributed by atoms with Crippen LogP contribution in [0, 0.1) is 5.21 Å². The Morgan fingerprint density at radius 1 is 0.379 bits per heavy atom. The molecule has 2 heteroatoms. The van der Waals surface area contributed by atoms with Crippen LogP contribution in [0.25, 0.3) is 0 Å². The smallest absolute Gasteiger partial charge is 0.0783 e. The minimum absolute atomic E-state index is 0.0130. The van der Waals surface area contributed by atoms with Gasteiger partial charge in [-0.05, 0) is 26.7 Å². The molecule has 0 spiro atoms. The predicted octanol–water partition coefficient (Wildman–Crippen LogP) is 9.55. The molecule has 0 aromatic carbocycles. The third-order valence-electron chi connectivity index (χ3n) is 6.82. The van der Waals surface area contributed by atoms with Crippen LogP contribution in [0.15, 0.2) is 0 Å². The van der Waals surface area contributed by atoms with Crippen molar-refractivity contribution in [3.63, 3.8) is 0 Å². The summed E-state index contributed by atoms with van der Waals surface area (Å²) < 4.78 is 0.0130. The van der Waals surface area contributed by atoms with Gasteiger partial charge in [0.1, 0.15) is 0 Å². The molecular formula is C27H57NO. The van der Waals surface area contributed by atoms with E-state index in [9.17, 15) is 5.21 Å². The van der Waals surface area contributed by atoms with Gasteiger partial charge in [-0.3, -0.25) is 0 Å². The van der Waals surface area contributed by atoms with Crippen molar-refractivity contribution < 1.29 is 4.65 Å². The summed E-state index contributed by atoms with van der Waals surface area (Å²) in [6, 6.07) is 0. The summed E-state index contributed by atoms with van der Waals surface area (Å²) in [4.78, 5) is 0. The Balaban J connectivity index is 3.10. The third-order valence-corrected chi connectivity index (χ3v) is 6.82. The van der Waals surface area contributed by atoms with E-state index in [0.717, 1.165) is 26.1 Å². The van der Waals surface area contributed by atoms with Crippen molar-refractivity contribution in [2.75, 3.05) is 19.6 Å². The molecule has 0 N–H and O–H groups in total. The molecule has 0 rings (SSSR count). The van der Waals surface area contributed by atoms with E-state index >= 15 is 0 Å². The molecule has 0 aliphatic heterocycles. The lowest BCUT2D eigenvalue weighted by Gasteiger charge is -2.41. The van der Waals surface area contributed by atoms with Gasteiger partial charge in [0.25, 0.3) is 0 Å². The monoisotopic (exact) mass is 411 g/mol. The van der Waals surface area contributed by atoms with Gasteiger partial charge in [-0.25, -0.2) is 0 Å². The van der Waals surface area contributed by atoms with Crippen molar-refractivity contribution in [3.05, 3.63) is 5.21 Å². The molecule has 0 saturated carbocycles. The first-order valence-electron chi connectivity index (χ1n) is 13.8. The number of hydroxylamine groups is 3. The summed E-state index contributed by atoms with van der Waals surface area (Å²) in [7, 11) is 0. The number of quaternary nitrogens is 1. The number of rotatable bonds is 24. The lowest BCUT2D eigenvalue weighted by atomic mass is 10.0. The Morgan fingerprint density at radius 3 is 0.862 bits per heavy atom. The van der Waals surface area contributed by atoms with Crippen molar-refractivity contribution in [1.82, 2.24) is 0 Å². The number of hydrogen-bond acceptors (Lipinski definition) is 1. The molecule has 0 fully saturated rings. The molecule has 0 radical (unpaired) electrons. The van der Waals surface area contributed by atoms with E-state index in [1.165, 1.54) is 128 Å². The molecule has 0 unspecified atom stereocenters. The molecule has 0 aromatic heterocycles. The molecule has 0 aliphatic rings. The minimum atomic E-state index is 0.0130. The average Bonchev–Trinajstić information content (AvgIpc) is 2.74. The molecule has 0 aromatic rings. The standard InChI is InChI=1S/C27H57NO/c1-4-7-8-9-10-11-12-13-14-15-16-17-18-19-20-21-22-23-24-25-26-27-28(29,5-2)6-3/h4-27H2,1-3H3. The Hall–Kier alpha value is -0.0800. The Labute approximate surface area is 185 Å². The van der Waals surface area contributed by atoms with E-state index in [4.69, 9.17) is 0 Å². The summed E-state index contributed by atoms with van der Waals surface area (Å²) in [6.45, 7) is 8.63. The number of unbranched alkanes of at least 4 members (excludes halogenated alkanes) is 20. The van der Waals surface area contributed by atoms with Gasteiger partial charge in [0.2, 0.25) is 0 Å². The van der Waals surface area contributed by atoms with Crippen LogP contribution in [0.1, 0.15) is 156 Å². The van der Waals surface area contributed by atoms with E-state index in [0.29, 0.717) is 0 Å². The van der Waals surface area contributed by atoms with Crippen LogP contribution in [0.4, 0.5) is 0 Å². The van der Waals surface area contributed by atoms with Crippen LogP contribution in [0.2, 0.25) is 0 Å². The van der Waals surface area contributed by atoms with Crippen molar-refractivity contribution in [3.8, 4) is 0 Å². The van der Waals surface area contributed by atoms with Gasteiger partial charge in [0.15, 0.2) is 0 Å². The zero-order chi connectivity index (χ0) is 21.5. The zero-order valence-corrected chi connectivity index (χ0v) is 20.8. The molecule has 0 amide bonds. The Morgan fingerprint density at radius 2 is 0.621 bits per heavy atom. The first-order valence-corrected chi connectivity index (χ1v) is 13.8. The van der Waals surface area contributed by atoms with Gasteiger partial charge in [0, 0.05) is 0 Å². The lowest BCUT2D eigenvalue weighted by Crippen LogP contribution is -2.42. The normalized spacial score (nSPS) is 12.0. The highest BCUT2D eigenvalue weighted by Crippen LogP contribution is 2.15. The van der Waals surface area contributed by atoms with Crippen molar-refractivity contribution in [2.45, 2.75) is 156 Å². The maximum absolute atomic E-state index is 12.2. The summed E-state index contributed by atoms with van der Waals surface area (Å²) in [6.07, 6.45) is 29.7. The maximum Gasteiger partial charge on any atom is 0.0783 e. The molecule has 0 bridgehead atoms. The number of nitrogens with zero attached hydrogens (tertiary/aromatic N) is 1. The highest BCUT2D eigenvalue weighted by molar-refractivity contribution is 4.51. The van der Waals surface area contributed by atoms with Crippen LogP contribution in [-0.4, -0.2) is 24.3 Å². The minimum Gasteiger partial charge on any atom is -0.633 e. The fourth-order valence-electron chi connectivity index (χ4n) is 4.37. The van der Waals surface area contributed by atoms with Gasteiger partial charge < -0.3 is 9.85 Å². The van der Waals surface area contributed by atoms with E-state index in [-0.39, 0.29) is 4.65 Å². The van der Waals surface area contributed by atoms with E-state index in [1.807, 2.05) is 13.8 Å². The molecule has 0 heterocycles. The Bertz CT molecular complexity index is 301. The molecule has 176 valence electrons. The van der Waals surface area contributed by atoms with Crippen LogP contribution in [0.3, 0.4) is 0 Å². The largest absolute Gasteiger partial charge is 0.633 e. The first kappa shape index (κ1) is 28.9. The van der Waals surface area contributed by atoms with Crippen LogP contribution in [-0.2, 0) is 0 Å². The maximum atomic E-state index is 12.2. The van der Waals surface area contributed by atoms with Gasteiger partial charge in [-0.1, -0.05) is 129 Å². The topological polar surface area (TPSA) is 23.1 Å². The highest BCUT2D eigenvalue weighted by Gasteiger charge is 2.09. The SMILES string of the molecule is CCCCCCCCCCCCCCCCCCCCCCC[N+]([O-])(CC)CC. The zero-order valence-electron chi connectivity index (χ0n) is 20.8. The first-order chi connectivity index (χ1) is 14.2.